The Morgan fingerprint density at radius 1 is 1.60 bits per heavy atom. The molecule has 5 nitrogen and oxygen atoms in total. The molecule has 0 bridgehead atoms. The van der Waals surface area contributed by atoms with Crippen LogP contribution in [-0.2, 0) is 6.42 Å². The second kappa shape index (κ2) is 5.75. The summed E-state index contributed by atoms with van der Waals surface area (Å²) in [6.07, 6.45) is 2.92. The monoisotopic (exact) mass is 290 g/mol. The first-order valence-electron chi connectivity index (χ1n) is 7.02. The number of amides is 1. The van der Waals surface area contributed by atoms with Gasteiger partial charge in [-0.2, -0.15) is 5.10 Å². The molecule has 20 heavy (non-hydrogen) atoms. The van der Waals surface area contributed by atoms with E-state index in [2.05, 4.69) is 22.1 Å². The Morgan fingerprint density at radius 2 is 2.50 bits per heavy atom. The molecule has 0 saturated carbocycles. The number of nitrogens with one attached hydrogen (secondary N) is 1. The van der Waals surface area contributed by atoms with Crippen molar-refractivity contribution in [3.63, 3.8) is 0 Å². The van der Waals surface area contributed by atoms with Crippen molar-refractivity contribution < 1.29 is 4.79 Å². The summed E-state index contributed by atoms with van der Waals surface area (Å²) in [5.74, 6) is 2.16. The number of rotatable bonds is 3. The van der Waals surface area contributed by atoms with E-state index in [0.29, 0.717) is 0 Å². The molecule has 0 spiro atoms. The van der Waals surface area contributed by atoms with Gasteiger partial charge < -0.3 is 4.90 Å². The lowest BCUT2D eigenvalue weighted by molar-refractivity contribution is 0.0709. The van der Waals surface area contributed by atoms with Crippen LogP contribution in [0.4, 0.5) is 0 Å². The number of hydrogen-bond acceptors (Lipinski definition) is 4. The largest absolute Gasteiger partial charge is 0.337 e. The van der Waals surface area contributed by atoms with Crippen molar-refractivity contribution in [1.82, 2.24) is 20.1 Å². The smallest absolute Gasteiger partial charge is 0.263 e. The standard InChI is InChI=1S/C14H18N4OS/c1-2-12-15-13(17-16-12)10-5-3-7-18(9-10)14(19)11-6-4-8-20-11/h4,6,8,10H,2-3,5,7,9H2,1H3,(H,15,16,17)/t10-/m0/s1. The molecular weight excluding hydrogens is 272 g/mol. The number of nitrogens with zero attached hydrogens (tertiary/aromatic N) is 3. The molecule has 1 amide bonds. The van der Waals surface area contributed by atoms with Gasteiger partial charge in [-0.1, -0.05) is 13.0 Å². The molecule has 3 heterocycles. The second-order valence-corrected chi connectivity index (χ2v) is 6.01. The van der Waals surface area contributed by atoms with E-state index in [1.54, 1.807) is 0 Å². The van der Waals surface area contributed by atoms with E-state index in [0.717, 1.165) is 48.9 Å². The van der Waals surface area contributed by atoms with Gasteiger partial charge >= 0.3 is 0 Å². The lowest BCUT2D eigenvalue weighted by atomic mass is 9.97. The summed E-state index contributed by atoms with van der Waals surface area (Å²) >= 11 is 1.50. The normalized spacial score (nSPS) is 19.2. The van der Waals surface area contributed by atoms with E-state index in [9.17, 15) is 4.79 Å². The van der Waals surface area contributed by atoms with Crippen LogP contribution in [0, 0.1) is 0 Å². The molecule has 1 aliphatic heterocycles. The molecule has 3 rings (SSSR count). The van der Waals surface area contributed by atoms with Crippen LogP contribution in [-0.4, -0.2) is 39.1 Å². The number of thiophene rings is 1. The minimum absolute atomic E-state index is 0.135. The third-order valence-electron chi connectivity index (χ3n) is 3.69. The number of aromatic amines is 1. The van der Waals surface area contributed by atoms with Gasteiger partial charge in [-0.05, 0) is 24.3 Å². The van der Waals surface area contributed by atoms with Gasteiger partial charge in [-0.3, -0.25) is 9.89 Å². The number of aryl methyl sites for hydroxylation is 1. The quantitative estimate of drug-likeness (QED) is 0.944. The van der Waals surface area contributed by atoms with Gasteiger partial charge in [0.1, 0.15) is 5.82 Å². The number of H-pyrrole nitrogens is 1. The summed E-state index contributed by atoms with van der Waals surface area (Å²) in [6.45, 7) is 3.60. The van der Waals surface area contributed by atoms with Crippen molar-refractivity contribution in [3.05, 3.63) is 34.0 Å². The van der Waals surface area contributed by atoms with E-state index >= 15 is 0 Å². The van der Waals surface area contributed by atoms with Crippen molar-refractivity contribution in [1.29, 1.82) is 0 Å². The van der Waals surface area contributed by atoms with Crippen LogP contribution < -0.4 is 0 Å². The first-order valence-corrected chi connectivity index (χ1v) is 7.90. The zero-order valence-corrected chi connectivity index (χ0v) is 12.3. The third-order valence-corrected chi connectivity index (χ3v) is 4.55. The van der Waals surface area contributed by atoms with Crippen molar-refractivity contribution in [2.45, 2.75) is 32.1 Å². The highest BCUT2D eigenvalue weighted by atomic mass is 32.1. The Morgan fingerprint density at radius 3 is 3.20 bits per heavy atom. The fourth-order valence-corrected chi connectivity index (χ4v) is 3.27. The number of piperidine rings is 1. The Kier molecular flexibility index (Phi) is 3.82. The molecule has 0 radical (unpaired) electrons. The molecule has 0 unspecified atom stereocenters. The molecule has 2 aromatic rings. The van der Waals surface area contributed by atoms with Crippen LogP contribution in [0.3, 0.4) is 0 Å². The topological polar surface area (TPSA) is 61.9 Å². The first kappa shape index (κ1) is 13.3. The summed E-state index contributed by atoms with van der Waals surface area (Å²) in [7, 11) is 0. The van der Waals surface area contributed by atoms with Gasteiger partial charge in [-0.25, -0.2) is 4.98 Å². The summed E-state index contributed by atoms with van der Waals surface area (Å²) in [6, 6.07) is 3.81. The number of likely N-dealkylation sites (tertiary alicyclic amines) is 1. The molecule has 0 aromatic carbocycles. The van der Waals surface area contributed by atoms with Gasteiger partial charge in [0.05, 0.1) is 4.88 Å². The van der Waals surface area contributed by atoms with Crippen molar-refractivity contribution >= 4 is 17.2 Å². The molecule has 106 valence electrons. The van der Waals surface area contributed by atoms with Crippen LogP contribution in [0.1, 0.15) is 47.0 Å². The van der Waals surface area contributed by atoms with Gasteiger partial charge in [-0.15, -0.1) is 11.3 Å². The highest BCUT2D eigenvalue weighted by Crippen LogP contribution is 2.26. The van der Waals surface area contributed by atoms with E-state index in [-0.39, 0.29) is 11.8 Å². The van der Waals surface area contributed by atoms with Gasteiger partial charge in [0, 0.05) is 25.4 Å². The summed E-state index contributed by atoms with van der Waals surface area (Å²) in [4.78, 5) is 19.6. The first-order chi connectivity index (χ1) is 9.78. The molecule has 1 aliphatic rings. The summed E-state index contributed by atoms with van der Waals surface area (Å²) in [5, 5.41) is 9.20. The average molecular weight is 290 g/mol. The molecule has 0 aliphatic carbocycles. The Labute approximate surface area is 122 Å². The Hall–Kier alpha value is -1.69. The Balaban J connectivity index is 1.71. The van der Waals surface area contributed by atoms with Crippen molar-refractivity contribution in [2.75, 3.05) is 13.1 Å². The van der Waals surface area contributed by atoms with Crippen LogP contribution in [0.25, 0.3) is 0 Å². The van der Waals surface area contributed by atoms with E-state index in [1.807, 2.05) is 22.4 Å². The highest BCUT2D eigenvalue weighted by Gasteiger charge is 2.28. The van der Waals surface area contributed by atoms with Gasteiger partial charge in [0.15, 0.2) is 5.82 Å². The SMILES string of the molecule is CCc1nc([C@H]2CCCN(C(=O)c3cccs3)C2)n[nH]1. The van der Waals surface area contributed by atoms with E-state index in [1.165, 1.54) is 11.3 Å². The van der Waals surface area contributed by atoms with Gasteiger partial charge in [0.25, 0.3) is 5.91 Å². The number of carbonyl (C=O) groups is 1. The summed E-state index contributed by atoms with van der Waals surface area (Å²) < 4.78 is 0. The Bertz CT molecular complexity index is 578. The molecular formula is C14H18N4OS. The minimum atomic E-state index is 0.135. The molecule has 1 saturated heterocycles. The summed E-state index contributed by atoms with van der Waals surface area (Å²) in [5.41, 5.74) is 0. The van der Waals surface area contributed by atoms with Crippen LogP contribution in [0.5, 0.6) is 0 Å². The maximum Gasteiger partial charge on any atom is 0.263 e. The van der Waals surface area contributed by atoms with Crippen LogP contribution >= 0.6 is 11.3 Å². The van der Waals surface area contributed by atoms with Crippen LogP contribution in [0.2, 0.25) is 0 Å². The predicted octanol–water partition coefficient (Wildman–Crippen LogP) is 2.45. The zero-order valence-electron chi connectivity index (χ0n) is 11.5. The van der Waals surface area contributed by atoms with Gasteiger partial charge in [0.2, 0.25) is 0 Å². The fraction of sp³-hybridized carbons (Fsp3) is 0.500. The number of hydrogen-bond donors (Lipinski definition) is 1. The molecule has 6 heteroatoms. The molecule has 1 N–H and O–H groups in total. The zero-order chi connectivity index (χ0) is 13.9. The average Bonchev–Trinajstić information content (AvgIpc) is 3.17. The lowest BCUT2D eigenvalue weighted by Crippen LogP contribution is -2.39. The lowest BCUT2D eigenvalue weighted by Gasteiger charge is -2.31. The number of aromatic nitrogens is 3. The molecule has 1 atom stereocenters. The second-order valence-electron chi connectivity index (χ2n) is 5.06. The van der Waals surface area contributed by atoms with E-state index in [4.69, 9.17) is 0 Å². The van der Waals surface area contributed by atoms with Crippen molar-refractivity contribution in [3.8, 4) is 0 Å². The minimum Gasteiger partial charge on any atom is -0.337 e. The fourth-order valence-electron chi connectivity index (χ4n) is 2.58. The third kappa shape index (κ3) is 2.60. The van der Waals surface area contributed by atoms with Crippen molar-refractivity contribution in [2.24, 2.45) is 0 Å². The predicted molar refractivity (Wildman–Crippen MR) is 78.0 cm³/mol. The molecule has 1 fully saturated rings. The maximum atomic E-state index is 12.4. The van der Waals surface area contributed by atoms with E-state index < -0.39 is 0 Å². The maximum absolute atomic E-state index is 12.4. The highest BCUT2D eigenvalue weighted by molar-refractivity contribution is 7.12. The van der Waals surface area contributed by atoms with Crippen LogP contribution in [0.15, 0.2) is 17.5 Å². The molecule has 2 aromatic heterocycles. The number of carbonyl (C=O) groups excluding carboxylic acids is 1.